The molecule has 6 heterocycles. The SMILES string of the molecule is CC.CC.CC.CC.CC.CC.CC.CC.CC.CC.CC.CC.Cc1ccc2c(c1)Cc1cc(C)ccc1N2C.Cc1ccc2c(c1)Cc1cc(C)ccc1N2C.Cc1ccc2c(c1)Cc1ccc(C)cc1N2C.Cc1ccc2c(c1)Cc1ccccc1N2C.Cc1ccc2c(c1)N(C)c1cc(C)ccc1C2.Cc1ccc2c(c1)N(C)c1ccccc1C2.[CH3-].[CH3-].[CH3-].[CH3-].[CH3-].[CH3-].[Y].[Y].[Y].[Y].[Y].[Y]. The van der Waals surface area contributed by atoms with E-state index < -0.39 is 0 Å². The van der Waals surface area contributed by atoms with Crippen LogP contribution in [0, 0.1) is 114 Å². The number of para-hydroxylation sites is 2. The van der Waals surface area contributed by atoms with Crippen LogP contribution in [0.2, 0.25) is 0 Å². The van der Waals surface area contributed by atoms with Crippen molar-refractivity contribution in [3.8, 4) is 0 Å². The van der Waals surface area contributed by atoms with Gasteiger partial charge in [0.25, 0.3) is 0 Å². The van der Waals surface area contributed by atoms with E-state index in [1.54, 1.807) is 0 Å². The van der Waals surface area contributed by atoms with Crippen LogP contribution >= 0.6 is 0 Å². The molecule has 12 heteroatoms. The Morgan fingerprint density at radius 2 is 0.243 bits per heavy atom. The number of anilines is 12. The third-order valence-electron chi connectivity index (χ3n) is 21.0. The Hall–Kier alpha value is -3.94. The molecule has 0 amide bonds. The minimum absolute atomic E-state index is 0. The molecule has 738 valence electrons. The fourth-order valence-corrected chi connectivity index (χ4v) is 15.6. The van der Waals surface area contributed by atoms with Gasteiger partial charge in [0.05, 0.1) is 0 Å². The molecule has 0 aromatic heterocycles. The fraction of sp³-hybridized carbons (Fsp3) is 0.371. The second kappa shape index (κ2) is 86.5. The second-order valence-electron chi connectivity index (χ2n) is 29.0. The largest absolute Gasteiger partial charge is 0.358 e. The Balaban J connectivity index is -0.000000127. The molecule has 6 aliphatic rings. The molecule has 12 aromatic carbocycles. The van der Waals surface area contributed by atoms with Crippen LogP contribution in [0.3, 0.4) is 0 Å². The fourth-order valence-electron chi connectivity index (χ4n) is 15.6. The van der Waals surface area contributed by atoms with Crippen molar-refractivity contribution in [2.45, 2.75) is 274 Å². The zero-order valence-corrected chi connectivity index (χ0v) is 112. The number of rotatable bonds is 0. The third kappa shape index (κ3) is 44.7. The van der Waals surface area contributed by atoms with Gasteiger partial charge in [-0.15, -0.1) is 0 Å². The van der Waals surface area contributed by atoms with Crippen molar-refractivity contribution in [3.05, 3.63) is 397 Å². The first kappa shape index (κ1) is 157. The van der Waals surface area contributed by atoms with Crippen molar-refractivity contribution >= 4 is 68.2 Å². The van der Waals surface area contributed by atoms with Crippen molar-refractivity contribution in [2.24, 2.45) is 0 Å². The molecule has 0 saturated heterocycles. The quantitative estimate of drug-likeness (QED) is 0.140. The van der Waals surface area contributed by atoms with Crippen LogP contribution in [-0.4, -0.2) is 42.3 Å². The molecular formula is C124H188N6Y6-6. The summed E-state index contributed by atoms with van der Waals surface area (Å²) in [5.41, 5.74) is 46.6. The molecule has 6 nitrogen and oxygen atoms in total. The van der Waals surface area contributed by atoms with Crippen LogP contribution in [0.4, 0.5) is 68.2 Å². The minimum atomic E-state index is 0. The summed E-state index contributed by atoms with van der Waals surface area (Å²) in [6.45, 7) is 69.6. The van der Waals surface area contributed by atoms with Gasteiger partial charge in [-0.1, -0.05) is 357 Å². The summed E-state index contributed by atoms with van der Waals surface area (Å²) >= 11 is 0. The molecule has 0 N–H and O–H groups in total. The van der Waals surface area contributed by atoms with Crippen LogP contribution in [0.15, 0.2) is 231 Å². The molecule has 0 atom stereocenters. The smallest absolute Gasteiger partial charge is 0.0446 e. The Kier molecular flexibility index (Phi) is 100. The second-order valence-corrected chi connectivity index (χ2v) is 29.0. The van der Waals surface area contributed by atoms with E-state index in [0.29, 0.717) is 0 Å². The van der Waals surface area contributed by atoms with E-state index in [1.807, 2.05) is 166 Å². The number of benzene rings is 12. The van der Waals surface area contributed by atoms with E-state index in [0.717, 1.165) is 38.5 Å². The van der Waals surface area contributed by atoms with Crippen LogP contribution in [0.1, 0.15) is 289 Å². The van der Waals surface area contributed by atoms with Gasteiger partial charge in [0.15, 0.2) is 0 Å². The molecule has 6 aliphatic heterocycles. The molecular weight excluding hydrogens is 2110 g/mol. The minimum Gasteiger partial charge on any atom is -0.358 e. The van der Waals surface area contributed by atoms with E-state index >= 15 is 0 Å². The zero-order valence-electron chi connectivity index (χ0n) is 95.3. The van der Waals surface area contributed by atoms with Crippen LogP contribution in [0.5, 0.6) is 0 Å². The van der Waals surface area contributed by atoms with Crippen molar-refractivity contribution in [2.75, 3.05) is 71.7 Å². The molecule has 0 aliphatic carbocycles. The molecule has 6 radical (unpaired) electrons. The molecule has 0 unspecified atom stereocenters. The van der Waals surface area contributed by atoms with E-state index in [1.165, 1.54) is 191 Å². The summed E-state index contributed by atoms with van der Waals surface area (Å²) in [6, 6.07) is 84.5. The van der Waals surface area contributed by atoms with Crippen molar-refractivity contribution < 1.29 is 196 Å². The van der Waals surface area contributed by atoms with E-state index in [9.17, 15) is 0 Å². The van der Waals surface area contributed by atoms with Gasteiger partial charge in [-0.2, -0.15) is 0 Å². The molecule has 136 heavy (non-hydrogen) atoms. The average molecular weight is 2300 g/mol. The maximum atomic E-state index is 2.31. The number of nitrogens with zero attached hydrogens (tertiary/aromatic N) is 6. The van der Waals surface area contributed by atoms with Gasteiger partial charge < -0.3 is 74.0 Å². The molecule has 0 fully saturated rings. The Bertz CT molecular complexity index is 4830. The van der Waals surface area contributed by atoms with Gasteiger partial charge in [0, 0.05) is 345 Å². The molecule has 0 spiro atoms. The number of hydrogen-bond donors (Lipinski definition) is 0. The van der Waals surface area contributed by atoms with E-state index in [-0.39, 0.29) is 241 Å². The van der Waals surface area contributed by atoms with E-state index in [4.69, 9.17) is 0 Å². The summed E-state index contributed by atoms with van der Waals surface area (Å²) in [6.07, 6.45) is 6.32. The first-order valence-electron chi connectivity index (χ1n) is 47.6. The maximum absolute atomic E-state index is 2.31. The summed E-state index contributed by atoms with van der Waals surface area (Å²) < 4.78 is 0. The predicted molar refractivity (Wildman–Crippen MR) is 605 cm³/mol. The molecule has 18 rings (SSSR count). The molecule has 0 saturated carbocycles. The van der Waals surface area contributed by atoms with Crippen LogP contribution in [-0.2, 0) is 235 Å². The topological polar surface area (TPSA) is 19.4 Å². The Morgan fingerprint density at radius 3 is 0.419 bits per heavy atom. The first-order chi connectivity index (χ1) is 60.1. The maximum Gasteiger partial charge on any atom is 0.0446 e. The third-order valence-corrected chi connectivity index (χ3v) is 21.0. The van der Waals surface area contributed by atoms with Crippen LogP contribution < -0.4 is 29.4 Å². The van der Waals surface area contributed by atoms with Crippen molar-refractivity contribution in [3.63, 3.8) is 0 Å². The summed E-state index contributed by atoms with van der Waals surface area (Å²) in [7, 11) is 12.9. The standard InChI is InChI=1S/4C16H17N.2C15H15N.12C2H6.6CH3.6Y/c1-11-5-7-15-14(8-11)10-13-6-4-12(2)9-16(13)17(15)3;2*1-11-4-6-15-13(8-11)10-14-9-12(2)5-7-16(14)17(15)3;1-11-4-6-13-10-14-7-5-12(2)9-16(14)17(3)15(13)8-11;1-11-7-8-15-13(9-11)10-12-5-3-4-6-14(12)16(15)2;1-11-7-8-13-10-12-5-3-4-6-14(12)16(2)15(13)9-11;12*1-2;;;;;;;;;;;;/h4*4-9H,10H2,1-3H3;2*3-9H,10H2,1-2H3;12*1-2H3;6*1H3;;;;;;/q;;;;;;;;;;;;;;;;;;6*-1;;;;;;. The number of hydrogen-bond acceptors (Lipinski definition) is 6. The Labute approximate surface area is 994 Å². The predicted octanol–water partition coefficient (Wildman–Crippen LogP) is 38.2. The summed E-state index contributed by atoms with van der Waals surface area (Å²) in [5.74, 6) is 0. The van der Waals surface area contributed by atoms with Gasteiger partial charge >= 0.3 is 0 Å². The van der Waals surface area contributed by atoms with Crippen molar-refractivity contribution in [1.82, 2.24) is 0 Å². The Morgan fingerprint density at radius 1 is 0.132 bits per heavy atom. The summed E-state index contributed by atoms with van der Waals surface area (Å²) in [4.78, 5) is 13.8. The monoisotopic (exact) mass is 2290 g/mol. The molecule has 12 aromatic rings. The number of aryl methyl sites for hydroxylation is 10. The van der Waals surface area contributed by atoms with Gasteiger partial charge in [-0.3, -0.25) is 0 Å². The van der Waals surface area contributed by atoms with Crippen molar-refractivity contribution in [1.29, 1.82) is 0 Å². The van der Waals surface area contributed by atoms with Gasteiger partial charge in [0.2, 0.25) is 0 Å². The van der Waals surface area contributed by atoms with Gasteiger partial charge in [0.1, 0.15) is 0 Å². The molecule has 0 bridgehead atoms. The average Bonchev–Trinajstić information content (AvgIpc) is 1.38. The van der Waals surface area contributed by atoms with Gasteiger partial charge in [-0.25, -0.2) is 0 Å². The normalized spacial score (nSPS) is 10.3. The first-order valence-corrected chi connectivity index (χ1v) is 47.6. The summed E-state index contributed by atoms with van der Waals surface area (Å²) in [5, 5.41) is 0. The van der Waals surface area contributed by atoms with Crippen LogP contribution in [0.25, 0.3) is 0 Å². The zero-order chi connectivity index (χ0) is 94.2. The van der Waals surface area contributed by atoms with E-state index in [2.05, 4.69) is 371 Å². The van der Waals surface area contributed by atoms with Gasteiger partial charge in [-0.05, 0) is 231 Å². The number of fused-ring (bicyclic) bond motifs is 12.